The highest BCUT2D eigenvalue weighted by molar-refractivity contribution is 9.10. The number of aryl methyl sites for hydroxylation is 2. The van der Waals surface area contributed by atoms with Crippen LogP contribution in [-0.4, -0.2) is 14.8 Å². The largest absolute Gasteiger partial charge is 0.270 e. The van der Waals surface area contributed by atoms with Gasteiger partial charge in [-0.2, -0.15) is 0 Å². The Morgan fingerprint density at radius 2 is 1.93 bits per heavy atom. The van der Waals surface area contributed by atoms with Crippen LogP contribution in [0.3, 0.4) is 0 Å². The number of halogens is 2. The molecule has 0 amide bonds. The second kappa shape index (κ2) is 3.94. The predicted octanol–water partition coefficient (Wildman–Crippen LogP) is 3.30. The molecule has 1 heterocycles. The first-order valence-corrected chi connectivity index (χ1v) is 5.60. The Morgan fingerprint density at radius 1 is 1.20 bits per heavy atom. The van der Waals surface area contributed by atoms with E-state index in [-0.39, 0.29) is 0 Å². The summed E-state index contributed by atoms with van der Waals surface area (Å²) in [4.78, 5) is 0. The van der Waals surface area contributed by atoms with Gasteiger partial charge in [0, 0.05) is 4.47 Å². The predicted molar refractivity (Wildman–Crippen MR) is 63.5 cm³/mol. The molecule has 0 aliphatic rings. The molecule has 1 aromatic heterocycles. The molecule has 0 aliphatic carbocycles. The monoisotopic (exact) mass is 285 g/mol. The summed E-state index contributed by atoms with van der Waals surface area (Å²) in [6.07, 6.45) is 0. The van der Waals surface area contributed by atoms with E-state index in [0.29, 0.717) is 5.28 Å². The molecule has 0 unspecified atom stereocenters. The van der Waals surface area contributed by atoms with Gasteiger partial charge in [-0.25, -0.2) is 0 Å². The average molecular weight is 287 g/mol. The lowest BCUT2D eigenvalue weighted by Gasteiger charge is -2.07. The molecule has 5 heteroatoms. The Morgan fingerprint density at radius 3 is 2.47 bits per heavy atom. The van der Waals surface area contributed by atoms with Gasteiger partial charge in [0.1, 0.15) is 5.82 Å². The number of benzene rings is 1. The Balaban J connectivity index is 2.63. The molecule has 1 aromatic carbocycles. The van der Waals surface area contributed by atoms with E-state index in [1.165, 1.54) is 0 Å². The van der Waals surface area contributed by atoms with Crippen molar-refractivity contribution in [2.24, 2.45) is 0 Å². The van der Waals surface area contributed by atoms with Gasteiger partial charge in [0.2, 0.25) is 5.28 Å². The van der Waals surface area contributed by atoms with E-state index in [4.69, 9.17) is 11.6 Å². The van der Waals surface area contributed by atoms with Crippen LogP contribution in [0.25, 0.3) is 5.69 Å². The van der Waals surface area contributed by atoms with Crippen LogP contribution in [0.5, 0.6) is 0 Å². The molecule has 0 N–H and O–H groups in total. The highest BCUT2D eigenvalue weighted by atomic mass is 79.9. The maximum atomic E-state index is 5.96. The average Bonchev–Trinajstić information content (AvgIpc) is 2.44. The van der Waals surface area contributed by atoms with Crippen molar-refractivity contribution in [2.75, 3.05) is 0 Å². The van der Waals surface area contributed by atoms with Crippen LogP contribution in [0.4, 0.5) is 0 Å². The summed E-state index contributed by atoms with van der Waals surface area (Å²) in [5, 5.41) is 8.11. The number of hydrogen-bond acceptors (Lipinski definition) is 2. The number of hydrogen-bond donors (Lipinski definition) is 0. The standard InChI is InChI=1S/C10H9BrClN3/c1-6-3-8(11)5-9(4-6)15-7(2)13-14-10(15)12/h3-5H,1-2H3. The van der Waals surface area contributed by atoms with E-state index in [0.717, 1.165) is 21.5 Å². The molecular formula is C10H9BrClN3. The molecule has 3 nitrogen and oxygen atoms in total. The summed E-state index contributed by atoms with van der Waals surface area (Å²) in [5.74, 6) is 0.775. The van der Waals surface area contributed by atoms with Crippen LogP contribution in [0, 0.1) is 13.8 Å². The van der Waals surface area contributed by atoms with Crippen molar-refractivity contribution in [1.29, 1.82) is 0 Å². The minimum atomic E-state index is 0.380. The van der Waals surface area contributed by atoms with E-state index in [1.807, 2.05) is 32.0 Å². The van der Waals surface area contributed by atoms with Crippen LogP contribution in [0.1, 0.15) is 11.4 Å². The van der Waals surface area contributed by atoms with Crippen LogP contribution in [0.2, 0.25) is 5.28 Å². The van der Waals surface area contributed by atoms with Gasteiger partial charge in [0.25, 0.3) is 0 Å². The zero-order chi connectivity index (χ0) is 11.0. The normalized spacial score (nSPS) is 10.7. The van der Waals surface area contributed by atoms with Crippen LogP contribution in [0.15, 0.2) is 22.7 Å². The first-order chi connectivity index (χ1) is 7.08. The molecule has 2 aromatic rings. The zero-order valence-electron chi connectivity index (χ0n) is 8.33. The van der Waals surface area contributed by atoms with Crippen molar-refractivity contribution in [2.45, 2.75) is 13.8 Å². The van der Waals surface area contributed by atoms with Crippen molar-refractivity contribution in [1.82, 2.24) is 14.8 Å². The topological polar surface area (TPSA) is 30.7 Å². The molecular weight excluding hydrogens is 277 g/mol. The molecule has 0 radical (unpaired) electrons. The van der Waals surface area contributed by atoms with Crippen molar-refractivity contribution < 1.29 is 0 Å². The van der Waals surface area contributed by atoms with Gasteiger partial charge in [-0.15, -0.1) is 10.2 Å². The maximum absolute atomic E-state index is 5.96. The highest BCUT2D eigenvalue weighted by Crippen LogP contribution is 2.22. The molecule has 0 saturated carbocycles. The molecule has 15 heavy (non-hydrogen) atoms. The smallest absolute Gasteiger partial charge is 0.229 e. The lowest BCUT2D eigenvalue weighted by molar-refractivity contribution is 0.967. The summed E-state index contributed by atoms with van der Waals surface area (Å²) in [7, 11) is 0. The van der Waals surface area contributed by atoms with Crippen LogP contribution < -0.4 is 0 Å². The SMILES string of the molecule is Cc1cc(Br)cc(-n2c(C)nnc2Cl)c1. The highest BCUT2D eigenvalue weighted by Gasteiger charge is 2.08. The molecule has 2 rings (SSSR count). The summed E-state index contributed by atoms with van der Waals surface area (Å²) >= 11 is 9.41. The molecule has 0 atom stereocenters. The number of rotatable bonds is 1. The van der Waals surface area contributed by atoms with Gasteiger partial charge in [-0.1, -0.05) is 15.9 Å². The summed E-state index contributed by atoms with van der Waals surface area (Å²) < 4.78 is 2.82. The molecule has 0 aliphatic heterocycles. The minimum absolute atomic E-state index is 0.380. The van der Waals surface area contributed by atoms with E-state index in [1.54, 1.807) is 4.57 Å². The van der Waals surface area contributed by atoms with Crippen molar-refractivity contribution in [3.8, 4) is 5.69 Å². The van der Waals surface area contributed by atoms with E-state index in [2.05, 4.69) is 26.1 Å². The first-order valence-electron chi connectivity index (χ1n) is 4.43. The van der Waals surface area contributed by atoms with Gasteiger partial charge < -0.3 is 0 Å². The van der Waals surface area contributed by atoms with E-state index < -0.39 is 0 Å². The number of nitrogens with zero attached hydrogens (tertiary/aromatic N) is 3. The maximum Gasteiger partial charge on any atom is 0.229 e. The van der Waals surface area contributed by atoms with Crippen molar-refractivity contribution in [3.63, 3.8) is 0 Å². The third kappa shape index (κ3) is 2.06. The van der Waals surface area contributed by atoms with E-state index in [9.17, 15) is 0 Å². The fraction of sp³-hybridized carbons (Fsp3) is 0.200. The molecule has 0 spiro atoms. The zero-order valence-corrected chi connectivity index (χ0v) is 10.7. The first kappa shape index (κ1) is 10.6. The van der Waals surface area contributed by atoms with Gasteiger partial charge in [0.05, 0.1) is 5.69 Å². The molecule has 0 bridgehead atoms. The Bertz CT molecular complexity index is 468. The Labute approximate surface area is 101 Å². The minimum Gasteiger partial charge on any atom is -0.270 e. The third-order valence-corrected chi connectivity index (χ3v) is 2.77. The fourth-order valence-electron chi connectivity index (χ4n) is 1.48. The van der Waals surface area contributed by atoms with E-state index >= 15 is 0 Å². The van der Waals surface area contributed by atoms with Gasteiger partial charge >= 0.3 is 0 Å². The summed E-state index contributed by atoms with van der Waals surface area (Å²) in [6, 6.07) is 6.05. The van der Waals surface area contributed by atoms with Gasteiger partial charge in [0.15, 0.2) is 0 Å². The van der Waals surface area contributed by atoms with Crippen molar-refractivity contribution >= 4 is 27.5 Å². The van der Waals surface area contributed by atoms with Crippen molar-refractivity contribution in [3.05, 3.63) is 39.3 Å². The summed E-state index contributed by atoms with van der Waals surface area (Å²) in [5.41, 5.74) is 2.12. The third-order valence-electron chi connectivity index (χ3n) is 2.07. The quantitative estimate of drug-likeness (QED) is 0.805. The fourth-order valence-corrected chi connectivity index (χ4v) is 2.33. The molecule has 0 saturated heterocycles. The lowest BCUT2D eigenvalue weighted by Crippen LogP contribution is -1.97. The molecule has 0 fully saturated rings. The van der Waals surface area contributed by atoms with Gasteiger partial charge in [-0.05, 0) is 49.2 Å². The van der Waals surface area contributed by atoms with Crippen LogP contribution >= 0.6 is 27.5 Å². The number of aromatic nitrogens is 3. The second-order valence-electron chi connectivity index (χ2n) is 3.34. The Kier molecular flexibility index (Phi) is 2.80. The second-order valence-corrected chi connectivity index (χ2v) is 4.59. The Hall–Kier alpha value is -0.870. The summed E-state index contributed by atoms with van der Waals surface area (Å²) in [6.45, 7) is 3.90. The van der Waals surface area contributed by atoms with Gasteiger partial charge in [-0.3, -0.25) is 4.57 Å². The van der Waals surface area contributed by atoms with Crippen LogP contribution in [-0.2, 0) is 0 Å². The lowest BCUT2D eigenvalue weighted by atomic mass is 10.2. The molecule has 78 valence electrons.